The van der Waals surface area contributed by atoms with Crippen LogP contribution >= 0.6 is 12.4 Å². The summed E-state index contributed by atoms with van der Waals surface area (Å²) in [6, 6.07) is 0.0573. The number of carbonyl (C=O) groups excluding carboxylic acids is 1. The van der Waals surface area contributed by atoms with Crippen LogP contribution in [0.2, 0.25) is 0 Å². The molecule has 2 aliphatic heterocycles. The topological polar surface area (TPSA) is 59.6 Å². The minimum Gasteiger partial charge on any atom is -0.376 e. The van der Waals surface area contributed by atoms with E-state index < -0.39 is 5.60 Å². The average molecular weight is 293 g/mol. The minimum absolute atomic E-state index is 0. The van der Waals surface area contributed by atoms with Gasteiger partial charge in [0.15, 0.2) is 0 Å². The Morgan fingerprint density at radius 1 is 1.47 bits per heavy atom. The van der Waals surface area contributed by atoms with Gasteiger partial charge in [-0.2, -0.15) is 0 Å². The molecular formula is C13H25ClN2O3. The van der Waals surface area contributed by atoms with Crippen molar-refractivity contribution in [3.05, 3.63) is 0 Å². The second-order valence-electron chi connectivity index (χ2n) is 5.26. The number of rotatable bonds is 4. The normalized spacial score (nSPS) is 27.4. The van der Waals surface area contributed by atoms with E-state index in [1.165, 1.54) is 0 Å². The molecule has 0 radical (unpaired) electrons. The Bertz CT molecular complexity index is 290. The van der Waals surface area contributed by atoms with Crippen LogP contribution in [0.15, 0.2) is 0 Å². The lowest BCUT2D eigenvalue weighted by atomic mass is 9.90. The number of hydrogen-bond acceptors (Lipinski definition) is 4. The van der Waals surface area contributed by atoms with Crippen molar-refractivity contribution in [1.82, 2.24) is 10.6 Å². The van der Waals surface area contributed by atoms with Crippen molar-refractivity contribution in [3.8, 4) is 0 Å². The number of methoxy groups -OCH3 is 1. The molecule has 0 aromatic rings. The van der Waals surface area contributed by atoms with E-state index in [0.717, 1.165) is 45.4 Å². The molecule has 0 spiro atoms. The number of nitrogens with one attached hydrogen (secondary N) is 2. The second kappa shape index (κ2) is 7.43. The van der Waals surface area contributed by atoms with Gasteiger partial charge in [0.1, 0.15) is 5.60 Å². The lowest BCUT2D eigenvalue weighted by molar-refractivity contribution is -0.148. The van der Waals surface area contributed by atoms with Gasteiger partial charge < -0.3 is 20.1 Å². The van der Waals surface area contributed by atoms with Crippen LogP contribution in [0.4, 0.5) is 0 Å². The quantitative estimate of drug-likeness (QED) is 0.807. The van der Waals surface area contributed by atoms with Gasteiger partial charge in [0.05, 0.1) is 12.1 Å². The summed E-state index contributed by atoms with van der Waals surface area (Å²) < 4.78 is 11.1. The van der Waals surface area contributed by atoms with Crippen LogP contribution in [-0.2, 0) is 14.3 Å². The van der Waals surface area contributed by atoms with Gasteiger partial charge in [0.25, 0.3) is 5.91 Å². The van der Waals surface area contributed by atoms with Crippen molar-refractivity contribution >= 4 is 18.3 Å². The van der Waals surface area contributed by atoms with E-state index in [4.69, 9.17) is 9.47 Å². The van der Waals surface area contributed by atoms with E-state index in [2.05, 4.69) is 10.6 Å². The molecular weight excluding hydrogens is 268 g/mol. The van der Waals surface area contributed by atoms with E-state index in [0.29, 0.717) is 0 Å². The molecule has 112 valence electrons. The lowest BCUT2D eigenvalue weighted by Crippen LogP contribution is -2.57. The predicted octanol–water partition coefficient (Wildman–Crippen LogP) is 0.860. The first-order chi connectivity index (χ1) is 8.68. The number of piperidine rings is 1. The van der Waals surface area contributed by atoms with Crippen LogP contribution < -0.4 is 10.6 Å². The van der Waals surface area contributed by atoms with E-state index >= 15 is 0 Å². The van der Waals surface area contributed by atoms with Crippen molar-refractivity contribution in [1.29, 1.82) is 0 Å². The molecule has 2 atom stereocenters. The molecule has 0 bridgehead atoms. The van der Waals surface area contributed by atoms with Gasteiger partial charge >= 0.3 is 0 Å². The maximum Gasteiger partial charge on any atom is 0.252 e. The van der Waals surface area contributed by atoms with Gasteiger partial charge in [-0.15, -0.1) is 12.4 Å². The fourth-order valence-electron chi connectivity index (χ4n) is 2.78. The summed E-state index contributed by atoms with van der Waals surface area (Å²) in [5, 5.41) is 6.32. The molecule has 2 rings (SSSR count). The first-order valence-corrected chi connectivity index (χ1v) is 6.86. The number of hydrogen-bond donors (Lipinski definition) is 2. The average Bonchev–Trinajstić information content (AvgIpc) is 2.93. The van der Waals surface area contributed by atoms with Crippen LogP contribution in [-0.4, -0.2) is 50.5 Å². The Morgan fingerprint density at radius 3 is 2.68 bits per heavy atom. The summed E-state index contributed by atoms with van der Waals surface area (Å²) in [7, 11) is 1.63. The standard InChI is InChI=1S/C13H24N2O3.ClH/c1-10(11-4-3-9-18-11)15-12(16)13(17-2)5-7-14-8-6-13;/h10-11,14H,3-9H2,1-2H3,(H,15,16);1H. The molecule has 1 amide bonds. The molecule has 2 fully saturated rings. The lowest BCUT2D eigenvalue weighted by Gasteiger charge is -2.36. The maximum atomic E-state index is 12.4. The highest BCUT2D eigenvalue weighted by atomic mass is 35.5. The fourth-order valence-corrected chi connectivity index (χ4v) is 2.78. The fraction of sp³-hybridized carbons (Fsp3) is 0.923. The van der Waals surface area contributed by atoms with Crippen molar-refractivity contribution in [3.63, 3.8) is 0 Å². The summed E-state index contributed by atoms with van der Waals surface area (Å²) in [5.74, 6) is 0.00880. The van der Waals surface area contributed by atoms with Crippen molar-refractivity contribution in [2.75, 3.05) is 26.8 Å². The molecule has 0 aliphatic carbocycles. The Balaban J connectivity index is 0.00000180. The monoisotopic (exact) mass is 292 g/mol. The van der Waals surface area contributed by atoms with E-state index in [-0.39, 0.29) is 30.5 Å². The van der Waals surface area contributed by atoms with E-state index in [9.17, 15) is 4.79 Å². The molecule has 2 saturated heterocycles. The van der Waals surface area contributed by atoms with Gasteiger partial charge in [-0.05, 0) is 45.7 Å². The molecule has 0 aromatic carbocycles. The zero-order chi connectivity index (χ0) is 13.0. The highest BCUT2D eigenvalue weighted by Gasteiger charge is 2.40. The molecule has 2 unspecified atom stereocenters. The summed E-state index contributed by atoms with van der Waals surface area (Å²) in [5.41, 5.74) is -0.655. The summed E-state index contributed by atoms with van der Waals surface area (Å²) in [4.78, 5) is 12.4. The molecule has 19 heavy (non-hydrogen) atoms. The van der Waals surface area contributed by atoms with Gasteiger partial charge in [-0.3, -0.25) is 4.79 Å². The third-order valence-electron chi connectivity index (χ3n) is 4.10. The summed E-state index contributed by atoms with van der Waals surface area (Å²) in [6.07, 6.45) is 3.73. The van der Waals surface area contributed by atoms with Gasteiger partial charge in [-0.25, -0.2) is 0 Å². The molecule has 2 heterocycles. The Hall–Kier alpha value is -0.360. The molecule has 2 N–H and O–H groups in total. The van der Waals surface area contributed by atoms with Crippen molar-refractivity contribution in [2.24, 2.45) is 0 Å². The van der Waals surface area contributed by atoms with Crippen molar-refractivity contribution < 1.29 is 14.3 Å². The second-order valence-corrected chi connectivity index (χ2v) is 5.26. The smallest absolute Gasteiger partial charge is 0.252 e. The molecule has 6 heteroatoms. The largest absolute Gasteiger partial charge is 0.376 e. The van der Waals surface area contributed by atoms with Gasteiger partial charge in [0, 0.05) is 13.7 Å². The Morgan fingerprint density at radius 2 is 2.16 bits per heavy atom. The highest BCUT2D eigenvalue weighted by molar-refractivity contribution is 5.86. The zero-order valence-electron chi connectivity index (χ0n) is 11.7. The van der Waals surface area contributed by atoms with Crippen molar-refractivity contribution in [2.45, 2.75) is 50.4 Å². The Labute approximate surface area is 121 Å². The molecule has 0 aromatic heterocycles. The first kappa shape index (κ1) is 16.7. The number of carbonyl (C=O) groups is 1. The zero-order valence-corrected chi connectivity index (χ0v) is 12.6. The van der Waals surface area contributed by atoms with Crippen LogP contribution in [0.25, 0.3) is 0 Å². The molecule has 5 nitrogen and oxygen atoms in total. The van der Waals surface area contributed by atoms with Crippen LogP contribution in [0.3, 0.4) is 0 Å². The number of amides is 1. The molecule has 0 saturated carbocycles. The van der Waals surface area contributed by atoms with Gasteiger partial charge in [0.2, 0.25) is 0 Å². The third kappa shape index (κ3) is 3.81. The van der Waals surface area contributed by atoms with E-state index in [1.807, 2.05) is 6.92 Å². The van der Waals surface area contributed by atoms with Crippen LogP contribution in [0, 0.1) is 0 Å². The Kier molecular flexibility index (Phi) is 6.53. The number of ether oxygens (including phenoxy) is 2. The van der Waals surface area contributed by atoms with Crippen LogP contribution in [0.1, 0.15) is 32.6 Å². The SMILES string of the molecule is COC1(C(=O)NC(C)C2CCCO2)CCNCC1.Cl. The highest BCUT2D eigenvalue weighted by Crippen LogP contribution is 2.23. The van der Waals surface area contributed by atoms with E-state index in [1.54, 1.807) is 7.11 Å². The summed E-state index contributed by atoms with van der Waals surface area (Å²) >= 11 is 0. The summed E-state index contributed by atoms with van der Waals surface area (Å²) in [6.45, 7) is 4.48. The third-order valence-corrected chi connectivity index (χ3v) is 4.10. The predicted molar refractivity (Wildman–Crippen MR) is 75.7 cm³/mol. The first-order valence-electron chi connectivity index (χ1n) is 6.86. The maximum absolute atomic E-state index is 12.4. The number of halogens is 1. The van der Waals surface area contributed by atoms with Gasteiger partial charge in [-0.1, -0.05) is 0 Å². The molecule has 2 aliphatic rings. The van der Waals surface area contributed by atoms with Crippen LogP contribution in [0.5, 0.6) is 0 Å². The minimum atomic E-state index is -0.655.